The molecule has 1 saturated carbocycles. The predicted octanol–water partition coefficient (Wildman–Crippen LogP) is 2.60. The van der Waals surface area contributed by atoms with Crippen molar-refractivity contribution in [3.05, 3.63) is 12.2 Å². The monoisotopic (exact) mass is 222 g/mol. The Labute approximate surface area is 96.0 Å². The van der Waals surface area contributed by atoms with Crippen LogP contribution in [0.5, 0.6) is 0 Å². The van der Waals surface area contributed by atoms with Crippen LogP contribution in [-0.2, 0) is 9.59 Å². The van der Waals surface area contributed by atoms with Crippen LogP contribution in [0.3, 0.4) is 0 Å². The predicted molar refractivity (Wildman–Crippen MR) is 61.6 cm³/mol. The standard InChI is InChI=1S/C11H17NO.CHNO/c1-8-5-11(3,4)6-10(9(8)2)12-7-13;2-1-3/h8,10H,2,5-6H2,1,3-4H3;2H. The molecule has 4 heteroatoms. The van der Waals surface area contributed by atoms with E-state index < -0.39 is 0 Å². The average molecular weight is 222 g/mol. The summed E-state index contributed by atoms with van der Waals surface area (Å²) in [6.45, 7) is 10.6. The van der Waals surface area contributed by atoms with Crippen LogP contribution in [0.15, 0.2) is 17.1 Å². The molecule has 1 fully saturated rings. The van der Waals surface area contributed by atoms with Crippen LogP contribution < -0.4 is 0 Å². The van der Waals surface area contributed by atoms with Gasteiger partial charge >= 0.3 is 0 Å². The molecule has 4 nitrogen and oxygen atoms in total. The van der Waals surface area contributed by atoms with Gasteiger partial charge in [-0.3, -0.25) is 0 Å². The third-order valence-corrected chi connectivity index (χ3v) is 2.87. The molecule has 88 valence electrons. The summed E-state index contributed by atoms with van der Waals surface area (Å²) in [6, 6.07) is -0.00347. The van der Waals surface area contributed by atoms with Gasteiger partial charge in [0, 0.05) is 0 Å². The summed E-state index contributed by atoms with van der Waals surface area (Å²) < 4.78 is 0. The summed E-state index contributed by atoms with van der Waals surface area (Å²) in [5.74, 6) is 0.464. The van der Waals surface area contributed by atoms with Gasteiger partial charge in [0.2, 0.25) is 12.2 Å². The molecular weight excluding hydrogens is 204 g/mol. The molecule has 0 radical (unpaired) electrons. The molecule has 0 bridgehead atoms. The minimum absolute atomic E-state index is 0.00347. The highest BCUT2D eigenvalue weighted by molar-refractivity contribution is 5.36. The second kappa shape index (κ2) is 6.16. The smallest absolute Gasteiger partial charge is 0.222 e. The van der Waals surface area contributed by atoms with Crippen LogP contribution >= 0.6 is 0 Å². The van der Waals surface area contributed by atoms with Crippen molar-refractivity contribution in [2.24, 2.45) is 16.3 Å². The Morgan fingerprint density at radius 2 is 1.94 bits per heavy atom. The van der Waals surface area contributed by atoms with Gasteiger partial charge in [-0.05, 0) is 29.7 Å². The number of isocyanates is 2. The van der Waals surface area contributed by atoms with E-state index >= 15 is 0 Å². The summed E-state index contributed by atoms with van der Waals surface area (Å²) >= 11 is 0. The highest BCUT2D eigenvalue weighted by Gasteiger charge is 2.34. The van der Waals surface area contributed by atoms with Gasteiger partial charge < -0.3 is 0 Å². The molecule has 0 amide bonds. The summed E-state index contributed by atoms with van der Waals surface area (Å²) in [5, 5.41) is 5.40. The summed E-state index contributed by atoms with van der Waals surface area (Å²) in [7, 11) is 0. The Kier molecular flexibility index (Phi) is 5.59. The molecule has 0 aromatic heterocycles. The van der Waals surface area contributed by atoms with Gasteiger partial charge in [-0.1, -0.05) is 27.4 Å². The Morgan fingerprint density at radius 3 is 2.38 bits per heavy atom. The zero-order valence-electron chi connectivity index (χ0n) is 10.0. The molecule has 0 aliphatic heterocycles. The van der Waals surface area contributed by atoms with Crippen molar-refractivity contribution < 1.29 is 9.59 Å². The van der Waals surface area contributed by atoms with Crippen molar-refractivity contribution in [3.63, 3.8) is 0 Å². The number of aliphatic imine (C=N–C) groups is 1. The molecule has 2 atom stereocenters. The molecule has 2 unspecified atom stereocenters. The van der Waals surface area contributed by atoms with Gasteiger partial charge in [0.25, 0.3) is 0 Å². The van der Waals surface area contributed by atoms with Crippen molar-refractivity contribution in [2.75, 3.05) is 0 Å². The van der Waals surface area contributed by atoms with Gasteiger partial charge in [-0.15, -0.1) is 0 Å². The molecule has 0 aromatic rings. The van der Waals surface area contributed by atoms with E-state index in [9.17, 15) is 4.79 Å². The first-order valence-corrected chi connectivity index (χ1v) is 5.17. The maximum absolute atomic E-state index is 10.2. The molecule has 0 heterocycles. The van der Waals surface area contributed by atoms with Crippen molar-refractivity contribution in [1.82, 2.24) is 0 Å². The molecule has 1 N–H and O–H groups in total. The van der Waals surface area contributed by atoms with E-state index in [0.29, 0.717) is 5.92 Å². The molecular formula is C12H18N2O2. The fraction of sp³-hybridized carbons (Fsp3) is 0.667. The van der Waals surface area contributed by atoms with E-state index in [4.69, 9.17) is 10.2 Å². The van der Waals surface area contributed by atoms with Crippen molar-refractivity contribution in [2.45, 2.75) is 39.7 Å². The lowest BCUT2D eigenvalue weighted by atomic mass is 9.69. The SMILES string of the molecule is C=C1C(C)CC(C)(C)CC1N=C=O.N=C=O. The van der Waals surface area contributed by atoms with Crippen LogP contribution in [0.4, 0.5) is 0 Å². The molecule has 0 spiro atoms. The second-order valence-electron chi connectivity index (χ2n) is 4.89. The maximum Gasteiger partial charge on any atom is 0.235 e. The first-order valence-electron chi connectivity index (χ1n) is 5.17. The number of carbonyl (C=O) groups excluding carboxylic acids is 2. The van der Waals surface area contributed by atoms with Crippen LogP contribution in [0, 0.1) is 16.7 Å². The molecule has 1 aliphatic rings. The van der Waals surface area contributed by atoms with Crippen molar-refractivity contribution in [1.29, 1.82) is 5.41 Å². The first-order chi connectivity index (χ1) is 7.37. The highest BCUT2D eigenvalue weighted by Crippen LogP contribution is 2.41. The molecule has 1 aliphatic carbocycles. The largest absolute Gasteiger partial charge is 0.235 e. The van der Waals surface area contributed by atoms with Crippen molar-refractivity contribution >= 4 is 12.2 Å². The van der Waals surface area contributed by atoms with Gasteiger partial charge in [0.05, 0.1) is 6.04 Å². The number of nitrogens with one attached hydrogen (secondary N) is 1. The minimum atomic E-state index is -0.00347. The first kappa shape index (κ1) is 14.5. The van der Waals surface area contributed by atoms with Gasteiger partial charge in [0.15, 0.2) is 0 Å². The van der Waals surface area contributed by atoms with E-state index in [-0.39, 0.29) is 11.5 Å². The van der Waals surface area contributed by atoms with E-state index in [2.05, 4.69) is 32.3 Å². The lowest BCUT2D eigenvalue weighted by Crippen LogP contribution is -2.31. The summed E-state index contributed by atoms with van der Waals surface area (Å²) in [4.78, 5) is 22.4. The summed E-state index contributed by atoms with van der Waals surface area (Å²) in [6.07, 6.45) is 4.45. The fourth-order valence-corrected chi connectivity index (χ4v) is 2.22. The molecule has 0 saturated heterocycles. The maximum atomic E-state index is 10.2. The van der Waals surface area contributed by atoms with Crippen molar-refractivity contribution in [3.8, 4) is 0 Å². The second-order valence-corrected chi connectivity index (χ2v) is 4.89. The van der Waals surface area contributed by atoms with E-state index in [1.807, 2.05) is 0 Å². The zero-order valence-corrected chi connectivity index (χ0v) is 10.0. The molecule has 0 aromatic carbocycles. The fourth-order valence-electron chi connectivity index (χ4n) is 2.22. The number of hydrogen-bond donors (Lipinski definition) is 1. The Balaban J connectivity index is 0.000000673. The van der Waals surface area contributed by atoms with Crippen LogP contribution in [0.25, 0.3) is 0 Å². The summed E-state index contributed by atoms with van der Waals surface area (Å²) in [5.41, 5.74) is 1.36. The van der Waals surface area contributed by atoms with Crippen LogP contribution in [0.1, 0.15) is 33.6 Å². The average Bonchev–Trinajstić information content (AvgIpc) is 2.14. The van der Waals surface area contributed by atoms with Crippen LogP contribution in [-0.4, -0.2) is 18.2 Å². The molecule has 1 rings (SSSR count). The lowest BCUT2D eigenvalue weighted by molar-refractivity contribution is 0.219. The Morgan fingerprint density at radius 1 is 1.44 bits per heavy atom. The Hall–Kier alpha value is -1.50. The van der Waals surface area contributed by atoms with Gasteiger partial charge in [-0.2, -0.15) is 4.99 Å². The van der Waals surface area contributed by atoms with E-state index in [0.717, 1.165) is 24.5 Å². The van der Waals surface area contributed by atoms with Crippen LogP contribution in [0.2, 0.25) is 0 Å². The number of rotatable bonds is 1. The Bertz CT molecular complexity index is 335. The number of nitrogens with zero attached hydrogens (tertiary/aromatic N) is 1. The highest BCUT2D eigenvalue weighted by atomic mass is 16.1. The molecule has 16 heavy (non-hydrogen) atoms. The van der Waals surface area contributed by atoms with Gasteiger partial charge in [-0.25, -0.2) is 15.0 Å². The van der Waals surface area contributed by atoms with Gasteiger partial charge in [0.1, 0.15) is 0 Å². The van der Waals surface area contributed by atoms with E-state index in [1.54, 1.807) is 6.08 Å². The number of hydrogen-bond acceptors (Lipinski definition) is 4. The third kappa shape index (κ3) is 4.35. The minimum Gasteiger partial charge on any atom is -0.222 e. The topological polar surface area (TPSA) is 70.3 Å². The van der Waals surface area contributed by atoms with E-state index in [1.165, 1.54) is 0 Å². The lowest BCUT2D eigenvalue weighted by Gasteiger charge is -2.38. The third-order valence-electron chi connectivity index (χ3n) is 2.87. The normalized spacial score (nSPS) is 26.8. The zero-order chi connectivity index (χ0) is 12.8. The quantitative estimate of drug-likeness (QED) is 0.421.